The molecule has 3 rings (SSSR count). The lowest BCUT2D eigenvalue weighted by molar-refractivity contribution is -0.140. The fraction of sp³-hybridized carbons (Fsp3) is 0.133. The van der Waals surface area contributed by atoms with Crippen molar-refractivity contribution in [1.29, 1.82) is 0 Å². The zero-order valence-corrected chi connectivity index (χ0v) is 12.5. The predicted octanol–water partition coefficient (Wildman–Crippen LogP) is 2.30. The van der Waals surface area contributed by atoms with Crippen LogP contribution in [0.1, 0.15) is 5.56 Å². The van der Waals surface area contributed by atoms with Crippen molar-refractivity contribution in [2.24, 2.45) is 7.05 Å². The number of carbonyl (C=O) groups is 3. The van der Waals surface area contributed by atoms with E-state index in [0.717, 1.165) is 33.1 Å². The highest BCUT2D eigenvalue weighted by Gasteiger charge is 2.36. The molecule has 0 atom stereocenters. The average molecular weight is 316 g/mol. The molecule has 1 aliphatic heterocycles. The molecule has 2 aromatic rings. The van der Waals surface area contributed by atoms with E-state index in [1.807, 2.05) is 42.1 Å². The normalized spacial score (nSPS) is 17.0. The lowest BCUT2D eigenvalue weighted by Gasteiger charge is -2.07. The van der Waals surface area contributed by atoms with Gasteiger partial charge in [-0.05, 0) is 23.9 Å². The Kier molecular flexibility index (Phi) is 3.50. The summed E-state index contributed by atoms with van der Waals surface area (Å²) in [7, 11) is 1.90. The zero-order valence-electron chi connectivity index (χ0n) is 11.6. The van der Waals surface area contributed by atoms with Gasteiger partial charge in [-0.2, -0.15) is 0 Å². The lowest BCUT2D eigenvalue weighted by Crippen LogP contribution is -2.33. The van der Waals surface area contributed by atoms with Crippen molar-refractivity contribution in [3.63, 3.8) is 0 Å². The molecule has 0 spiro atoms. The highest BCUT2D eigenvalue weighted by molar-refractivity contribution is 8.18. The summed E-state index contributed by atoms with van der Waals surface area (Å²) in [6.45, 7) is -0.614. The molecule has 1 fully saturated rings. The minimum absolute atomic E-state index is 0.239. The number of carboxylic acids is 1. The number of hydrogen-bond donors (Lipinski definition) is 1. The van der Waals surface area contributed by atoms with Crippen LogP contribution in [0.2, 0.25) is 0 Å². The summed E-state index contributed by atoms with van der Waals surface area (Å²) in [5, 5.41) is 9.16. The molecule has 1 saturated heterocycles. The lowest BCUT2D eigenvalue weighted by atomic mass is 10.1. The first-order valence-electron chi connectivity index (χ1n) is 6.48. The van der Waals surface area contributed by atoms with Crippen LogP contribution in [0, 0.1) is 0 Å². The maximum atomic E-state index is 12.1. The van der Waals surface area contributed by atoms with Gasteiger partial charge in [-0.15, -0.1) is 0 Å². The van der Waals surface area contributed by atoms with E-state index in [-0.39, 0.29) is 4.91 Å². The van der Waals surface area contributed by atoms with Crippen LogP contribution in [-0.2, 0) is 16.6 Å². The number of aryl methyl sites for hydroxylation is 1. The number of aromatic nitrogens is 1. The molecule has 2 amide bonds. The van der Waals surface area contributed by atoms with Crippen LogP contribution in [0.25, 0.3) is 17.0 Å². The van der Waals surface area contributed by atoms with Crippen molar-refractivity contribution in [2.45, 2.75) is 0 Å². The van der Waals surface area contributed by atoms with Crippen LogP contribution < -0.4 is 0 Å². The van der Waals surface area contributed by atoms with E-state index in [0.29, 0.717) is 0 Å². The van der Waals surface area contributed by atoms with Crippen LogP contribution in [0.4, 0.5) is 4.79 Å². The Morgan fingerprint density at radius 3 is 2.77 bits per heavy atom. The van der Waals surface area contributed by atoms with E-state index in [9.17, 15) is 14.4 Å². The van der Waals surface area contributed by atoms with Crippen LogP contribution in [-0.4, -0.2) is 38.2 Å². The van der Waals surface area contributed by atoms with Gasteiger partial charge in [0.05, 0.1) is 4.91 Å². The number of fused-ring (bicyclic) bond motifs is 1. The Morgan fingerprint density at radius 2 is 2.05 bits per heavy atom. The molecule has 112 valence electrons. The number of benzene rings is 1. The van der Waals surface area contributed by atoms with Crippen molar-refractivity contribution >= 4 is 45.9 Å². The van der Waals surface area contributed by atoms with E-state index in [2.05, 4.69) is 0 Å². The van der Waals surface area contributed by atoms with E-state index >= 15 is 0 Å². The predicted molar refractivity (Wildman–Crippen MR) is 83.2 cm³/mol. The molecule has 22 heavy (non-hydrogen) atoms. The third-order valence-electron chi connectivity index (χ3n) is 3.38. The van der Waals surface area contributed by atoms with Crippen molar-refractivity contribution in [3.8, 4) is 0 Å². The standard InChI is InChI=1S/C15H12N2O4S/c1-16-7-9(10-4-2-3-5-11(10)16)6-12-14(20)17(8-13(18)19)15(21)22-12/h2-7H,8H2,1H3,(H,18,19). The first-order chi connectivity index (χ1) is 10.5. The Bertz CT molecular complexity index is 837. The fourth-order valence-electron chi connectivity index (χ4n) is 2.40. The molecule has 0 saturated carbocycles. The number of rotatable bonds is 3. The molecule has 1 aromatic heterocycles. The summed E-state index contributed by atoms with van der Waals surface area (Å²) in [6.07, 6.45) is 3.50. The quantitative estimate of drug-likeness (QED) is 0.879. The Balaban J connectivity index is 2.00. The summed E-state index contributed by atoms with van der Waals surface area (Å²) in [5.41, 5.74) is 1.83. The maximum absolute atomic E-state index is 12.1. The second-order valence-corrected chi connectivity index (χ2v) is 5.87. The molecule has 1 aliphatic rings. The van der Waals surface area contributed by atoms with Gasteiger partial charge in [0.1, 0.15) is 6.54 Å². The van der Waals surface area contributed by atoms with Crippen LogP contribution in [0.15, 0.2) is 35.4 Å². The van der Waals surface area contributed by atoms with Gasteiger partial charge < -0.3 is 9.67 Å². The van der Waals surface area contributed by atoms with Gasteiger partial charge in [-0.3, -0.25) is 19.3 Å². The smallest absolute Gasteiger partial charge is 0.323 e. The van der Waals surface area contributed by atoms with Gasteiger partial charge >= 0.3 is 5.97 Å². The van der Waals surface area contributed by atoms with Crippen molar-refractivity contribution in [3.05, 3.63) is 40.9 Å². The second kappa shape index (κ2) is 5.34. The Hall–Kier alpha value is -2.54. The number of thioether (sulfide) groups is 1. The van der Waals surface area contributed by atoms with Gasteiger partial charge in [-0.1, -0.05) is 18.2 Å². The summed E-state index contributed by atoms with van der Waals surface area (Å²) < 4.78 is 1.93. The monoisotopic (exact) mass is 316 g/mol. The average Bonchev–Trinajstić information content (AvgIpc) is 2.92. The number of aliphatic carboxylic acids is 1. The highest BCUT2D eigenvalue weighted by Crippen LogP contribution is 2.33. The Morgan fingerprint density at radius 1 is 1.32 bits per heavy atom. The van der Waals surface area contributed by atoms with E-state index < -0.39 is 23.7 Å². The number of nitrogens with zero attached hydrogens (tertiary/aromatic N) is 2. The van der Waals surface area contributed by atoms with Crippen LogP contribution in [0.5, 0.6) is 0 Å². The molecular weight excluding hydrogens is 304 g/mol. The zero-order chi connectivity index (χ0) is 15.9. The van der Waals surface area contributed by atoms with Crippen molar-refractivity contribution in [1.82, 2.24) is 9.47 Å². The largest absolute Gasteiger partial charge is 0.480 e. The maximum Gasteiger partial charge on any atom is 0.323 e. The molecule has 2 heterocycles. The molecule has 0 unspecified atom stereocenters. The van der Waals surface area contributed by atoms with E-state index in [4.69, 9.17) is 5.11 Å². The molecular formula is C15H12N2O4S. The number of hydrogen-bond acceptors (Lipinski definition) is 4. The van der Waals surface area contributed by atoms with Gasteiger partial charge in [0, 0.05) is 29.7 Å². The summed E-state index contributed by atoms with van der Waals surface area (Å²) in [6, 6.07) is 7.72. The molecule has 1 N–H and O–H groups in total. The van der Waals surface area contributed by atoms with E-state index in [1.165, 1.54) is 0 Å². The Labute approximate surface area is 130 Å². The highest BCUT2D eigenvalue weighted by atomic mass is 32.2. The third-order valence-corrected chi connectivity index (χ3v) is 4.29. The summed E-state index contributed by atoms with van der Waals surface area (Å²) in [4.78, 5) is 35.6. The minimum atomic E-state index is -1.21. The fourth-order valence-corrected chi connectivity index (χ4v) is 3.23. The molecule has 7 heteroatoms. The van der Waals surface area contributed by atoms with Gasteiger partial charge in [-0.25, -0.2) is 0 Å². The third kappa shape index (κ3) is 2.39. The molecule has 0 bridgehead atoms. The minimum Gasteiger partial charge on any atom is -0.480 e. The van der Waals surface area contributed by atoms with Crippen LogP contribution in [0.3, 0.4) is 0 Å². The summed E-state index contributed by atoms with van der Waals surface area (Å²) >= 11 is 0.762. The van der Waals surface area contributed by atoms with Gasteiger partial charge in [0.25, 0.3) is 11.1 Å². The van der Waals surface area contributed by atoms with Crippen molar-refractivity contribution < 1.29 is 19.5 Å². The molecule has 1 aromatic carbocycles. The first kappa shape index (κ1) is 14.4. The SMILES string of the molecule is Cn1cc(C=C2SC(=O)N(CC(=O)O)C2=O)c2ccccc21. The topological polar surface area (TPSA) is 79.6 Å². The number of para-hydroxylation sites is 1. The van der Waals surface area contributed by atoms with E-state index in [1.54, 1.807) is 6.08 Å². The molecule has 6 nitrogen and oxygen atoms in total. The van der Waals surface area contributed by atoms with Gasteiger partial charge in [0.2, 0.25) is 0 Å². The van der Waals surface area contributed by atoms with Crippen LogP contribution >= 0.6 is 11.8 Å². The second-order valence-electron chi connectivity index (χ2n) is 4.87. The summed E-state index contributed by atoms with van der Waals surface area (Å²) in [5.74, 6) is -1.78. The molecule has 0 aliphatic carbocycles. The number of imide groups is 1. The van der Waals surface area contributed by atoms with Gasteiger partial charge in [0.15, 0.2) is 0 Å². The number of carbonyl (C=O) groups excluding carboxylic acids is 2. The first-order valence-corrected chi connectivity index (χ1v) is 7.30. The molecule has 0 radical (unpaired) electrons. The number of amides is 2. The van der Waals surface area contributed by atoms with Crippen molar-refractivity contribution in [2.75, 3.05) is 6.54 Å². The number of carboxylic acid groups (broad SMARTS) is 1.